The lowest BCUT2D eigenvalue weighted by molar-refractivity contribution is -0.132. The van der Waals surface area contributed by atoms with E-state index in [1.54, 1.807) is 0 Å². The van der Waals surface area contributed by atoms with Crippen LogP contribution in [0.1, 0.15) is 28.6 Å². The largest absolute Gasteiger partial charge is 0.335 e. The summed E-state index contributed by atoms with van der Waals surface area (Å²) < 4.78 is 4.73. The van der Waals surface area contributed by atoms with Crippen molar-refractivity contribution in [3.63, 3.8) is 0 Å². The van der Waals surface area contributed by atoms with Gasteiger partial charge in [0.15, 0.2) is 0 Å². The molecule has 2 aromatic rings. The monoisotopic (exact) mass is 362 g/mol. The molecule has 25 heavy (non-hydrogen) atoms. The first-order valence-electron chi connectivity index (χ1n) is 8.49. The number of amides is 1. The number of likely N-dealkylation sites (tertiary alicyclic amines) is 1. The zero-order chi connectivity index (χ0) is 16.7. The van der Waals surface area contributed by atoms with E-state index in [1.807, 2.05) is 11.8 Å². The molecule has 0 aliphatic carbocycles. The van der Waals surface area contributed by atoms with Gasteiger partial charge < -0.3 is 10.2 Å². The minimum Gasteiger partial charge on any atom is -0.335 e. The summed E-state index contributed by atoms with van der Waals surface area (Å²) in [6.45, 7) is 6.71. The van der Waals surface area contributed by atoms with Gasteiger partial charge in [0, 0.05) is 25.6 Å². The summed E-state index contributed by atoms with van der Waals surface area (Å²) in [5.74, 6) is 1.11. The highest BCUT2D eigenvalue weighted by Crippen LogP contribution is 2.43. The van der Waals surface area contributed by atoms with Crippen LogP contribution in [0.15, 0.2) is 28.9 Å². The number of nitrogens with one attached hydrogen (secondary N) is 1. The first-order chi connectivity index (χ1) is 11.6. The third-order valence-electron chi connectivity index (χ3n) is 5.46. The summed E-state index contributed by atoms with van der Waals surface area (Å²) in [7, 11) is 0. The third-order valence-corrected chi connectivity index (χ3v) is 5.46. The number of aryl methyl sites for hydroxylation is 2. The molecule has 2 aliphatic rings. The fraction of sp³-hybridized carbons (Fsp3) is 0.500. The van der Waals surface area contributed by atoms with Crippen molar-refractivity contribution < 1.29 is 9.42 Å². The maximum absolute atomic E-state index is 13.0. The summed E-state index contributed by atoms with van der Waals surface area (Å²) in [6, 6.07) is 8.53. The summed E-state index contributed by atoms with van der Waals surface area (Å²) in [5.41, 5.74) is 3.83. The number of rotatable bonds is 3. The quantitative estimate of drug-likeness (QED) is 0.905. The molecule has 0 saturated carbocycles. The van der Waals surface area contributed by atoms with Crippen molar-refractivity contribution in [2.45, 2.75) is 26.3 Å². The van der Waals surface area contributed by atoms with Crippen LogP contribution in [0.5, 0.6) is 0 Å². The molecule has 0 bridgehead atoms. The van der Waals surface area contributed by atoms with Crippen molar-refractivity contribution in [1.29, 1.82) is 0 Å². The number of carbonyl (C=O) groups is 1. The highest BCUT2D eigenvalue weighted by molar-refractivity contribution is 5.85. The first-order valence-corrected chi connectivity index (χ1v) is 8.49. The number of benzene rings is 1. The van der Waals surface area contributed by atoms with Crippen LogP contribution in [0.4, 0.5) is 0 Å². The molecule has 0 spiro atoms. The summed E-state index contributed by atoms with van der Waals surface area (Å²) >= 11 is 0. The fourth-order valence-corrected chi connectivity index (χ4v) is 4.15. The molecule has 2 aliphatic heterocycles. The number of hydrogen-bond acceptors (Lipinski definition) is 5. The summed E-state index contributed by atoms with van der Waals surface area (Å²) in [5, 5.41) is 11.1. The molecular weight excluding hydrogens is 340 g/mol. The Balaban J connectivity index is 0.00000182. The lowest BCUT2D eigenvalue weighted by Gasteiger charge is -2.29. The Morgan fingerprint density at radius 1 is 1.28 bits per heavy atom. The standard InChI is InChI=1S/C18H22N4O2.ClH/c1-11-5-3-4-6-14(11)18-15-9-19-8-13(15)10-22(18)17(23)7-16-12(2)20-24-21-16;/h3-6,13,15,18-19H,7-10H2,1-2H3;1H/t13-,15-,18-;/m0./s1. The molecule has 1 N–H and O–H groups in total. The average molecular weight is 363 g/mol. The summed E-state index contributed by atoms with van der Waals surface area (Å²) in [4.78, 5) is 15.0. The molecule has 4 rings (SSSR count). The number of carbonyl (C=O) groups excluding carboxylic acids is 1. The lowest BCUT2D eigenvalue weighted by Crippen LogP contribution is -2.36. The van der Waals surface area contributed by atoms with Gasteiger partial charge in [-0.15, -0.1) is 12.4 Å². The van der Waals surface area contributed by atoms with Gasteiger partial charge in [0.05, 0.1) is 12.5 Å². The normalized spacial score (nSPS) is 24.9. The predicted octanol–water partition coefficient (Wildman–Crippen LogP) is 2.07. The van der Waals surface area contributed by atoms with Gasteiger partial charge in [-0.05, 0) is 30.9 Å². The molecule has 3 heterocycles. The Morgan fingerprint density at radius 2 is 2.08 bits per heavy atom. The van der Waals surface area contributed by atoms with Crippen LogP contribution in [0.3, 0.4) is 0 Å². The SMILES string of the molecule is Cc1ccccc1[C@H]1[C@H]2CNC[C@H]2CN1C(=O)Cc1nonc1C.Cl. The van der Waals surface area contributed by atoms with Gasteiger partial charge in [-0.25, -0.2) is 4.63 Å². The highest BCUT2D eigenvalue weighted by atomic mass is 35.5. The Labute approximate surface area is 153 Å². The van der Waals surface area contributed by atoms with Crippen molar-refractivity contribution in [2.24, 2.45) is 11.8 Å². The second-order valence-electron chi connectivity index (χ2n) is 6.90. The van der Waals surface area contributed by atoms with Gasteiger partial charge in [-0.1, -0.05) is 34.6 Å². The Bertz CT molecular complexity index is 763. The van der Waals surface area contributed by atoms with Crippen molar-refractivity contribution in [3.8, 4) is 0 Å². The fourth-order valence-electron chi connectivity index (χ4n) is 4.15. The maximum Gasteiger partial charge on any atom is 0.229 e. The summed E-state index contributed by atoms with van der Waals surface area (Å²) in [6.07, 6.45) is 0.255. The maximum atomic E-state index is 13.0. The van der Waals surface area contributed by atoms with E-state index in [4.69, 9.17) is 4.63 Å². The molecule has 134 valence electrons. The molecule has 3 atom stereocenters. The van der Waals surface area contributed by atoms with Gasteiger partial charge in [-0.2, -0.15) is 0 Å². The molecule has 0 unspecified atom stereocenters. The Hall–Kier alpha value is -1.92. The van der Waals surface area contributed by atoms with Crippen LogP contribution >= 0.6 is 12.4 Å². The van der Waals surface area contributed by atoms with Crippen LogP contribution in [-0.2, 0) is 11.2 Å². The van der Waals surface area contributed by atoms with Crippen LogP contribution in [0.25, 0.3) is 0 Å². The number of nitrogens with zero attached hydrogens (tertiary/aromatic N) is 3. The second kappa shape index (κ2) is 7.14. The third kappa shape index (κ3) is 3.16. The van der Waals surface area contributed by atoms with E-state index in [0.717, 1.165) is 19.6 Å². The van der Waals surface area contributed by atoms with Crippen molar-refractivity contribution in [1.82, 2.24) is 20.5 Å². The van der Waals surface area contributed by atoms with E-state index in [0.29, 0.717) is 23.2 Å². The van der Waals surface area contributed by atoms with E-state index in [1.165, 1.54) is 11.1 Å². The molecule has 1 aromatic heterocycles. The molecule has 6 nitrogen and oxygen atoms in total. The number of fused-ring (bicyclic) bond motifs is 1. The Morgan fingerprint density at radius 3 is 2.80 bits per heavy atom. The van der Waals surface area contributed by atoms with Gasteiger partial charge in [-0.3, -0.25) is 4.79 Å². The number of aromatic nitrogens is 2. The number of halogens is 1. The van der Waals surface area contributed by atoms with Crippen LogP contribution < -0.4 is 5.32 Å². The minimum absolute atomic E-state index is 0. The molecule has 2 saturated heterocycles. The molecule has 7 heteroatoms. The smallest absolute Gasteiger partial charge is 0.229 e. The van der Waals surface area contributed by atoms with E-state index in [9.17, 15) is 4.79 Å². The van der Waals surface area contributed by atoms with Gasteiger partial charge in [0.1, 0.15) is 11.4 Å². The zero-order valence-electron chi connectivity index (χ0n) is 14.4. The molecule has 0 radical (unpaired) electrons. The van der Waals surface area contributed by atoms with Crippen LogP contribution in [0, 0.1) is 25.7 Å². The lowest BCUT2D eigenvalue weighted by atomic mass is 9.87. The molecule has 1 aromatic carbocycles. The van der Waals surface area contributed by atoms with Crippen molar-refractivity contribution >= 4 is 18.3 Å². The zero-order valence-corrected chi connectivity index (χ0v) is 15.3. The van der Waals surface area contributed by atoms with Crippen LogP contribution in [-0.4, -0.2) is 40.8 Å². The van der Waals surface area contributed by atoms with Gasteiger partial charge >= 0.3 is 0 Å². The minimum atomic E-state index is 0. The van der Waals surface area contributed by atoms with Crippen LogP contribution in [0.2, 0.25) is 0 Å². The topological polar surface area (TPSA) is 71.3 Å². The number of hydrogen-bond donors (Lipinski definition) is 1. The van der Waals surface area contributed by atoms with E-state index in [-0.39, 0.29) is 30.8 Å². The first kappa shape index (κ1) is 17.9. The van der Waals surface area contributed by atoms with Crippen molar-refractivity contribution in [2.75, 3.05) is 19.6 Å². The molecule has 1 amide bonds. The molecular formula is C18H23ClN4O2. The van der Waals surface area contributed by atoms with E-state index in [2.05, 4.69) is 46.8 Å². The van der Waals surface area contributed by atoms with E-state index >= 15 is 0 Å². The predicted molar refractivity (Wildman–Crippen MR) is 95.5 cm³/mol. The Kier molecular flexibility index (Phi) is 5.11. The van der Waals surface area contributed by atoms with Gasteiger partial charge in [0.2, 0.25) is 5.91 Å². The highest BCUT2D eigenvalue weighted by Gasteiger charge is 2.47. The molecule has 2 fully saturated rings. The van der Waals surface area contributed by atoms with E-state index < -0.39 is 0 Å². The second-order valence-corrected chi connectivity index (χ2v) is 6.90. The van der Waals surface area contributed by atoms with Crippen molar-refractivity contribution in [3.05, 3.63) is 46.8 Å². The average Bonchev–Trinajstić information content (AvgIpc) is 3.25. The van der Waals surface area contributed by atoms with Gasteiger partial charge in [0.25, 0.3) is 0 Å².